The highest BCUT2D eigenvalue weighted by Crippen LogP contribution is 2.45. The van der Waals surface area contributed by atoms with E-state index >= 15 is 0 Å². The van der Waals surface area contributed by atoms with E-state index < -0.39 is 0 Å². The molecule has 3 heteroatoms. The number of benzene rings is 3. The Morgan fingerprint density at radius 3 is 2.50 bits per heavy atom. The average Bonchev–Trinajstić information content (AvgIpc) is 3.16. The van der Waals surface area contributed by atoms with Crippen LogP contribution < -0.4 is 4.74 Å². The number of ether oxygens (including phenoxy) is 1. The lowest BCUT2D eigenvalue weighted by Crippen LogP contribution is -2.35. The van der Waals surface area contributed by atoms with Crippen LogP contribution in [0.2, 0.25) is 0 Å². The highest BCUT2D eigenvalue weighted by atomic mass is 16.5. The van der Waals surface area contributed by atoms with Crippen LogP contribution in [0.25, 0.3) is 33.3 Å². The Morgan fingerprint density at radius 2 is 1.72 bits per heavy atom. The van der Waals surface area contributed by atoms with Crippen molar-refractivity contribution < 1.29 is 9.22 Å². The third-order valence-corrected chi connectivity index (χ3v) is 6.26. The van der Waals surface area contributed by atoms with Crippen LogP contribution in [0, 0.1) is 6.92 Å². The van der Waals surface area contributed by atoms with E-state index in [0.717, 1.165) is 53.0 Å². The Kier molecular flexibility index (Phi) is 5.22. The molecule has 4 aromatic rings. The molecule has 162 valence electrons. The summed E-state index contributed by atoms with van der Waals surface area (Å²) in [7, 11) is 6.64. The molecule has 1 aromatic heterocycles. The van der Waals surface area contributed by atoms with Crippen molar-refractivity contribution in [1.29, 1.82) is 0 Å². The van der Waals surface area contributed by atoms with E-state index in [4.69, 9.17) is 9.72 Å². The summed E-state index contributed by atoms with van der Waals surface area (Å²) in [6, 6.07) is 23.8. The van der Waals surface area contributed by atoms with Gasteiger partial charge in [-0.3, -0.25) is 0 Å². The molecule has 3 nitrogen and oxygen atoms in total. The van der Waals surface area contributed by atoms with Gasteiger partial charge in [0.1, 0.15) is 5.75 Å². The summed E-state index contributed by atoms with van der Waals surface area (Å²) in [5.41, 5.74) is 9.98. The predicted octanol–water partition coefficient (Wildman–Crippen LogP) is 6.26. The lowest BCUT2D eigenvalue weighted by Gasteiger charge is -2.23. The van der Waals surface area contributed by atoms with E-state index in [2.05, 4.69) is 94.8 Å². The van der Waals surface area contributed by atoms with Crippen molar-refractivity contribution in [2.24, 2.45) is 0 Å². The van der Waals surface area contributed by atoms with Crippen LogP contribution in [0.15, 0.2) is 66.7 Å². The first kappa shape index (κ1) is 20.7. The number of pyridine rings is 1. The van der Waals surface area contributed by atoms with Crippen molar-refractivity contribution in [3.8, 4) is 28.1 Å². The van der Waals surface area contributed by atoms with Gasteiger partial charge in [-0.05, 0) is 65.6 Å². The largest absolute Gasteiger partial charge is 0.493 e. The van der Waals surface area contributed by atoms with Crippen molar-refractivity contribution >= 4 is 10.9 Å². The quantitative estimate of drug-likeness (QED) is 0.238. The molecule has 0 saturated heterocycles. The predicted molar refractivity (Wildman–Crippen MR) is 133 cm³/mol. The summed E-state index contributed by atoms with van der Waals surface area (Å²) in [5.74, 6) is 0.923. The fourth-order valence-corrected chi connectivity index (χ4v) is 4.68. The summed E-state index contributed by atoms with van der Waals surface area (Å²) in [6.07, 6.45) is 1.98. The van der Waals surface area contributed by atoms with Gasteiger partial charge in [-0.2, -0.15) is 0 Å². The van der Waals surface area contributed by atoms with Gasteiger partial charge in [0.05, 0.1) is 45.5 Å². The van der Waals surface area contributed by atoms with Gasteiger partial charge in [-0.25, -0.2) is 4.98 Å². The fraction of sp³-hybridized carbons (Fsp3) is 0.276. The Hall–Kier alpha value is -3.17. The lowest BCUT2D eigenvalue weighted by molar-refractivity contribution is -0.870. The minimum absolute atomic E-state index is 0.743. The maximum Gasteiger partial charge on any atom is 0.119 e. The topological polar surface area (TPSA) is 22.1 Å². The van der Waals surface area contributed by atoms with Gasteiger partial charge < -0.3 is 9.22 Å². The Labute approximate surface area is 190 Å². The first-order chi connectivity index (χ1) is 15.4. The van der Waals surface area contributed by atoms with Crippen LogP contribution in [-0.4, -0.2) is 43.8 Å². The Balaban J connectivity index is 1.49. The lowest BCUT2D eigenvalue weighted by atomic mass is 9.96. The Bertz CT molecular complexity index is 1280. The van der Waals surface area contributed by atoms with Gasteiger partial charge in [-0.1, -0.05) is 35.9 Å². The minimum Gasteiger partial charge on any atom is -0.493 e. The van der Waals surface area contributed by atoms with Crippen molar-refractivity contribution in [3.05, 3.63) is 83.4 Å². The van der Waals surface area contributed by atoms with Crippen LogP contribution in [0.4, 0.5) is 0 Å². The summed E-state index contributed by atoms with van der Waals surface area (Å²) < 4.78 is 6.95. The zero-order valence-corrected chi connectivity index (χ0v) is 19.5. The molecular formula is C29H31N2O+. The van der Waals surface area contributed by atoms with Gasteiger partial charge in [0.2, 0.25) is 0 Å². The SMILES string of the molecule is Cc1ccc2nc(-c3ccc(OCCC[N+](C)(C)C)cc3)c3c(c2c1)-c1ccccc1C3. The van der Waals surface area contributed by atoms with E-state index in [0.29, 0.717) is 0 Å². The summed E-state index contributed by atoms with van der Waals surface area (Å²) in [5, 5.41) is 1.26. The zero-order chi connectivity index (χ0) is 22.3. The van der Waals surface area contributed by atoms with Crippen molar-refractivity contribution in [2.45, 2.75) is 19.8 Å². The first-order valence-electron chi connectivity index (χ1n) is 11.4. The third kappa shape index (κ3) is 4.01. The maximum atomic E-state index is 5.99. The molecule has 5 rings (SSSR count). The molecular weight excluding hydrogens is 392 g/mol. The average molecular weight is 424 g/mol. The molecule has 32 heavy (non-hydrogen) atoms. The van der Waals surface area contributed by atoms with E-state index in [1.807, 2.05) is 0 Å². The standard InChI is InChI=1S/C29H31N2O/c1-20-10-15-27-25(18-20)28-24-9-6-5-8-22(24)19-26(28)29(30-27)21-11-13-23(14-12-21)32-17-7-16-31(2,3)4/h5-6,8-15,18H,7,16-17,19H2,1-4H3/q+1. The van der Waals surface area contributed by atoms with Crippen molar-refractivity contribution in [2.75, 3.05) is 34.3 Å². The van der Waals surface area contributed by atoms with Gasteiger partial charge in [-0.15, -0.1) is 0 Å². The van der Waals surface area contributed by atoms with Crippen LogP contribution in [0.5, 0.6) is 5.75 Å². The minimum atomic E-state index is 0.743. The maximum absolute atomic E-state index is 5.99. The normalized spacial score (nSPS) is 12.6. The molecule has 0 unspecified atom stereocenters. The smallest absolute Gasteiger partial charge is 0.119 e. The van der Waals surface area contributed by atoms with Gasteiger partial charge in [0.15, 0.2) is 0 Å². The number of aryl methyl sites for hydroxylation is 1. The molecule has 0 aliphatic heterocycles. The second kappa shape index (κ2) is 8.07. The monoisotopic (exact) mass is 423 g/mol. The molecule has 1 heterocycles. The fourth-order valence-electron chi connectivity index (χ4n) is 4.68. The molecule has 3 aromatic carbocycles. The van der Waals surface area contributed by atoms with Crippen molar-refractivity contribution in [3.63, 3.8) is 0 Å². The number of fused-ring (bicyclic) bond motifs is 5. The van der Waals surface area contributed by atoms with Crippen molar-refractivity contribution in [1.82, 2.24) is 4.98 Å². The van der Waals surface area contributed by atoms with E-state index in [9.17, 15) is 0 Å². The molecule has 0 amide bonds. The molecule has 0 radical (unpaired) electrons. The number of hydrogen-bond acceptors (Lipinski definition) is 2. The zero-order valence-electron chi connectivity index (χ0n) is 19.5. The first-order valence-corrected chi connectivity index (χ1v) is 11.4. The Morgan fingerprint density at radius 1 is 0.938 bits per heavy atom. The van der Waals surface area contributed by atoms with E-state index in [-0.39, 0.29) is 0 Å². The molecule has 1 aliphatic rings. The molecule has 0 saturated carbocycles. The van der Waals surface area contributed by atoms with Gasteiger partial charge >= 0.3 is 0 Å². The molecule has 0 bridgehead atoms. The van der Waals surface area contributed by atoms with Crippen LogP contribution in [-0.2, 0) is 6.42 Å². The van der Waals surface area contributed by atoms with Gasteiger partial charge in [0.25, 0.3) is 0 Å². The number of quaternary nitrogens is 1. The molecule has 1 aliphatic carbocycles. The summed E-state index contributed by atoms with van der Waals surface area (Å²) in [6.45, 7) is 4.00. The van der Waals surface area contributed by atoms with Crippen LogP contribution in [0.3, 0.4) is 0 Å². The van der Waals surface area contributed by atoms with E-state index in [1.165, 1.54) is 33.2 Å². The third-order valence-electron chi connectivity index (χ3n) is 6.26. The highest BCUT2D eigenvalue weighted by molar-refractivity contribution is 6.02. The molecule has 0 spiro atoms. The highest BCUT2D eigenvalue weighted by Gasteiger charge is 2.25. The van der Waals surface area contributed by atoms with E-state index in [1.54, 1.807) is 0 Å². The van der Waals surface area contributed by atoms with Crippen LogP contribution in [0.1, 0.15) is 23.1 Å². The van der Waals surface area contributed by atoms with Crippen LogP contribution >= 0.6 is 0 Å². The number of hydrogen-bond donors (Lipinski definition) is 0. The molecule has 0 atom stereocenters. The molecule has 0 N–H and O–H groups in total. The molecule has 0 fully saturated rings. The summed E-state index contributed by atoms with van der Waals surface area (Å²) >= 11 is 0. The second-order valence-corrected chi connectivity index (χ2v) is 9.91. The number of rotatable bonds is 6. The number of nitrogens with zero attached hydrogens (tertiary/aromatic N) is 2. The number of aromatic nitrogens is 1. The summed E-state index contributed by atoms with van der Waals surface area (Å²) in [4.78, 5) is 5.13. The second-order valence-electron chi connectivity index (χ2n) is 9.91. The van der Waals surface area contributed by atoms with Gasteiger partial charge in [0, 0.05) is 23.8 Å².